The molecule has 31 heavy (non-hydrogen) atoms. The molecule has 2 aliphatic heterocycles. The molecule has 0 bridgehead atoms. The number of hydrogen-bond acceptors (Lipinski definition) is 5. The van der Waals surface area contributed by atoms with Gasteiger partial charge in [-0.3, -0.25) is 14.6 Å². The van der Waals surface area contributed by atoms with Gasteiger partial charge in [0, 0.05) is 42.9 Å². The second kappa shape index (κ2) is 9.28. The first-order valence-electron chi connectivity index (χ1n) is 10.6. The number of piperazine rings is 1. The topological polar surface area (TPSA) is 69.7 Å². The smallest absolute Gasteiger partial charge is 0.246 e. The van der Waals surface area contributed by atoms with Crippen LogP contribution in [0.4, 0.5) is 5.69 Å². The predicted octanol–water partition coefficient (Wildman–Crippen LogP) is 3.13. The van der Waals surface area contributed by atoms with Crippen LogP contribution in [0.3, 0.4) is 0 Å². The molecule has 4 rings (SSSR count). The van der Waals surface area contributed by atoms with Crippen LogP contribution in [0.25, 0.3) is 0 Å². The molecular weight excluding hydrogens is 434 g/mol. The van der Waals surface area contributed by atoms with Crippen LogP contribution >= 0.6 is 11.6 Å². The van der Waals surface area contributed by atoms with Crippen molar-refractivity contribution in [2.45, 2.75) is 25.4 Å². The van der Waals surface area contributed by atoms with E-state index in [0.717, 1.165) is 24.2 Å². The van der Waals surface area contributed by atoms with Crippen molar-refractivity contribution in [1.29, 1.82) is 0 Å². The number of nitrogens with one attached hydrogen (secondary N) is 1. The van der Waals surface area contributed by atoms with E-state index in [0.29, 0.717) is 30.2 Å². The molecule has 2 atom stereocenters. The van der Waals surface area contributed by atoms with E-state index in [2.05, 4.69) is 15.1 Å². The number of benzene rings is 2. The van der Waals surface area contributed by atoms with Crippen molar-refractivity contribution in [2.24, 2.45) is 0 Å². The summed E-state index contributed by atoms with van der Waals surface area (Å²) in [5.74, 6) is 0.443. The van der Waals surface area contributed by atoms with E-state index in [-0.39, 0.29) is 23.5 Å². The van der Waals surface area contributed by atoms with Crippen molar-refractivity contribution in [3.05, 3.63) is 64.7 Å². The van der Waals surface area contributed by atoms with Gasteiger partial charge < -0.3 is 5.32 Å². The van der Waals surface area contributed by atoms with Crippen LogP contribution in [-0.4, -0.2) is 67.9 Å². The molecule has 2 aromatic carbocycles. The second-order valence-corrected chi connectivity index (χ2v) is 11.0. The summed E-state index contributed by atoms with van der Waals surface area (Å²) in [5.41, 5.74) is 2.58. The fourth-order valence-electron chi connectivity index (χ4n) is 4.47. The zero-order valence-corrected chi connectivity index (χ0v) is 19.2. The molecule has 2 aliphatic rings. The summed E-state index contributed by atoms with van der Waals surface area (Å²) in [7, 11) is -2.90. The van der Waals surface area contributed by atoms with Crippen LogP contribution in [0.1, 0.15) is 23.6 Å². The van der Waals surface area contributed by atoms with Crippen LogP contribution in [0.2, 0.25) is 5.02 Å². The Morgan fingerprint density at radius 1 is 1.10 bits per heavy atom. The normalized spacial score (nSPS) is 22.8. The predicted molar refractivity (Wildman–Crippen MR) is 124 cm³/mol. The number of anilines is 1. The number of sulfone groups is 1. The molecule has 2 fully saturated rings. The van der Waals surface area contributed by atoms with Gasteiger partial charge in [-0.15, -0.1) is 0 Å². The average molecular weight is 462 g/mol. The number of halogens is 1. The number of nitrogens with zero attached hydrogens (tertiary/aromatic N) is 2. The fraction of sp³-hybridized carbons (Fsp3) is 0.435. The Kier molecular flexibility index (Phi) is 6.67. The largest absolute Gasteiger partial charge is 0.324 e. The molecule has 1 amide bonds. The van der Waals surface area contributed by atoms with Crippen molar-refractivity contribution >= 4 is 33.0 Å². The lowest BCUT2D eigenvalue weighted by molar-refractivity contribution is -0.122. The van der Waals surface area contributed by atoms with Gasteiger partial charge >= 0.3 is 0 Å². The van der Waals surface area contributed by atoms with Crippen LogP contribution in [0.15, 0.2) is 48.5 Å². The lowest BCUT2D eigenvalue weighted by atomic mass is 10.0. The number of carbonyl (C=O) groups is 1. The molecule has 0 aliphatic carbocycles. The van der Waals surface area contributed by atoms with Crippen molar-refractivity contribution in [3.63, 3.8) is 0 Å². The highest BCUT2D eigenvalue weighted by Crippen LogP contribution is 2.27. The molecule has 2 aromatic rings. The van der Waals surface area contributed by atoms with Crippen molar-refractivity contribution in [2.75, 3.05) is 43.0 Å². The van der Waals surface area contributed by atoms with Gasteiger partial charge in [-0.25, -0.2) is 8.42 Å². The molecular formula is C23H28ClN3O3S. The molecule has 6 nitrogen and oxygen atoms in total. The molecule has 1 N–H and O–H groups in total. The van der Waals surface area contributed by atoms with E-state index in [1.165, 1.54) is 0 Å². The summed E-state index contributed by atoms with van der Waals surface area (Å²) in [6.07, 6.45) is 0.707. The van der Waals surface area contributed by atoms with E-state index < -0.39 is 15.9 Å². The minimum atomic E-state index is -2.90. The fourth-order valence-corrected chi connectivity index (χ4v) is 6.41. The molecule has 0 aromatic heterocycles. The summed E-state index contributed by atoms with van der Waals surface area (Å²) >= 11 is 6.23. The van der Waals surface area contributed by atoms with Gasteiger partial charge in [0.2, 0.25) is 5.91 Å². The van der Waals surface area contributed by atoms with Crippen molar-refractivity contribution in [1.82, 2.24) is 9.80 Å². The summed E-state index contributed by atoms with van der Waals surface area (Å²) in [5, 5.41) is 3.64. The summed E-state index contributed by atoms with van der Waals surface area (Å²) in [4.78, 5) is 17.8. The molecule has 166 valence electrons. The van der Waals surface area contributed by atoms with Crippen LogP contribution < -0.4 is 5.32 Å². The van der Waals surface area contributed by atoms with Gasteiger partial charge in [0.1, 0.15) is 6.04 Å². The third-order valence-electron chi connectivity index (χ3n) is 6.24. The summed E-state index contributed by atoms with van der Waals surface area (Å²) in [6.45, 7) is 4.85. The Labute approximate surface area is 189 Å². The summed E-state index contributed by atoms with van der Waals surface area (Å²) < 4.78 is 23.7. The highest BCUT2D eigenvalue weighted by atomic mass is 35.5. The number of aryl methyl sites for hydroxylation is 1. The monoisotopic (exact) mass is 461 g/mol. The number of hydrogen-bond donors (Lipinski definition) is 1. The number of amides is 1. The maximum atomic E-state index is 13.3. The highest BCUT2D eigenvalue weighted by molar-refractivity contribution is 7.91. The van der Waals surface area contributed by atoms with Gasteiger partial charge in [-0.05, 0) is 36.6 Å². The minimum Gasteiger partial charge on any atom is -0.324 e. The Hall–Kier alpha value is -1.93. The van der Waals surface area contributed by atoms with Crippen LogP contribution in [0, 0.1) is 6.92 Å². The highest BCUT2D eigenvalue weighted by Gasteiger charge is 2.36. The first kappa shape index (κ1) is 22.3. The SMILES string of the molecule is Cc1ccc(NC(=O)C(c2ccccc2)N2CCN(C3CCS(=O)(=O)C3)CC2)cc1Cl. The van der Waals surface area contributed by atoms with Crippen molar-refractivity contribution in [3.8, 4) is 0 Å². The van der Waals surface area contributed by atoms with E-state index in [1.54, 1.807) is 6.07 Å². The van der Waals surface area contributed by atoms with Gasteiger partial charge in [0.15, 0.2) is 9.84 Å². The third-order valence-corrected chi connectivity index (χ3v) is 8.40. The zero-order valence-electron chi connectivity index (χ0n) is 17.6. The van der Waals surface area contributed by atoms with E-state index >= 15 is 0 Å². The Balaban J connectivity index is 1.48. The van der Waals surface area contributed by atoms with E-state index in [9.17, 15) is 13.2 Å². The minimum absolute atomic E-state index is 0.0944. The summed E-state index contributed by atoms with van der Waals surface area (Å²) in [6, 6.07) is 15.0. The quantitative estimate of drug-likeness (QED) is 0.740. The first-order chi connectivity index (χ1) is 14.8. The molecule has 0 saturated carbocycles. The third kappa shape index (κ3) is 5.29. The van der Waals surface area contributed by atoms with E-state index in [4.69, 9.17) is 11.6 Å². The molecule has 2 heterocycles. The molecule has 2 unspecified atom stereocenters. The lowest BCUT2D eigenvalue weighted by Gasteiger charge is -2.40. The van der Waals surface area contributed by atoms with Gasteiger partial charge in [-0.2, -0.15) is 0 Å². The van der Waals surface area contributed by atoms with Gasteiger partial charge in [0.05, 0.1) is 11.5 Å². The van der Waals surface area contributed by atoms with Crippen LogP contribution in [-0.2, 0) is 14.6 Å². The zero-order chi connectivity index (χ0) is 22.0. The molecule has 0 radical (unpaired) electrons. The Bertz CT molecular complexity index is 1040. The molecule has 2 saturated heterocycles. The van der Waals surface area contributed by atoms with Gasteiger partial charge in [0.25, 0.3) is 0 Å². The number of carbonyl (C=O) groups excluding carboxylic acids is 1. The Morgan fingerprint density at radius 3 is 2.42 bits per heavy atom. The molecule has 8 heteroatoms. The van der Waals surface area contributed by atoms with Crippen LogP contribution in [0.5, 0.6) is 0 Å². The standard InChI is InChI=1S/C23H28ClN3O3S/c1-17-7-8-19(15-21(17)24)25-23(28)22(18-5-3-2-4-6-18)27-12-10-26(11-13-27)20-9-14-31(29,30)16-20/h2-8,15,20,22H,9-14,16H2,1H3,(H,25,28). The first-order valence-corrected chi connectivity index (χ1v) is 12.8. The van der Waals surface area contributed by atoms with Crippen molar-refractivity contribution < 1.29 is 13.2 Å². The number of rotatable bonds is 5. The average Bonchev–Trinajstić information content (AvgIpc) is 3.12. The lowest BCUT2D eigenvalue weighted by Crippen LogP contribution is -2.53. The maximum absolute atomic E-state index is 13.3. The molecule has 0 spiro atoms. The Morgan fingerprint density at radius 2 is 1.81 bits per heavy atom. The van der Waals surface area contributed by atoms with Gasteiger partial charge in [-0.1, -0.05) is 48.0 Å². The van der Waals surface area contributed by atoms with E-state index in [1.807, 2.05) is 49.4 Å². The maximum Gasteiger partial charge on any atom is 0.246 e. The second-order valence-electron chi connectivity index (χ2n) is 8.40.